The van der Waals surface area contributed by atoms with Crippen LogP contribution in [-0.4, -0.2) is 16.9 Å². The SMILES string of the molecule is COc1cc2c(cc1C)C(C(Cl)(Cl)Cl)OC2=O. The van der Waals surface area contributed by atoms with Gasteiger partial charge in [0, 0.05) is 5.56 Å². The van der Waals surface area contributed by atoms with E-state index in [4.69, 9.17) is 44.3 Å². The van der Waals surface area contributed by atoms with Gasteiger partial charge in [-0.3, -0.25) is 0 Å². The number of esters is 1. The number of carbonyl (C=O) groups is 1. The molecule has 0 amide bonds. The Morgan fingerprint density at radius 2 is 2.00 bits per heavy atom. The average molecular weight is 296 g/mol. The molecule has 6 heteroatoms. The molecule has 17 heavy (non-hydrogen) atoms. The van der Waals surface area contributed by atoms with E-state index in [0.29, 0.717) is 16.9 Å². The second-order valence-corrected chi connectivity index (χ2v) is 6.10. The van der Waals surface area contributed by atoms with E-state index in [0.717, 1.165) is 5.56 Å². The first kappa shape index (κ1) is 12.8. The summed E-state index contributed by atoms with van der Waals surface area (Å²) >= 11 is 17.3. The molecule has 1 aromatic carbocycles. The van der Waals surface area contributed by atoms with Gasteiger partial charge in [0.05, 0.1) is 12.7 Å². The van der Waals surface area contributed by atoms with Crippen LogP contribution in [0.25, 0.3) is 0 Å². The number of ether oxygens (including phenoxy) is 2. The normalized spacial score (nSPS) is 18.9. The Hall–Kier alpha value is -0.640. The van der Waals surface area contributed by atoms with E-state index in [2.05, 4.69) is 0 Å². The standard InChI is InChI=1S/C11H9Cl3O3/c1-5-3-6-7(4-8(5)16-2)10(15)17-9(6)11(12,13)14/h3-4,9H,1-2H3. The van der Waals surface area contributed by atoms with Gasteiger partial charge in [0.15, 0.2) is 6.10 Å². The van der Waals surface area contributed by atoms with Crippen molar-refractivity contribution in [2.24, 2.45) is 0 Å². The van der Waals surface area contributed by atoms with Gasteiger partial charge in [0.1, 0.15) is 5.75 Å². The van der Waals surface area contributed by atoms with E-state index < -0.39 is 15.9 Å². The molecule has 1 unspecified atom stereocenters. The van der Waals surface area contributed by atoms with E-state index in [9.17, 15) is 4.79 Å². The molecule has 2 rings (SSSR count). The summed E-state index contributed by atoms with van der Waals surface area (Å²) in [4.78, 5) is 11.6. The lowest BCUT2D eigenvalue weighted by atomic mass is 10.0. The second-order valence-electron chi connectivity index (χ2n) is 3.74. The van der Waals surface area contributed by atoms with Crippen molar-refractivity contribution in [2.75, 3.05) is 7.11 Å². The lowest BCUT2D eigenvalue weighted by molar-refractivity contribution is 0.0393. The summed E-state index contributed by atoms with van der Waals surface area (Å²) in [5.41, 5.74) is 1.81. The van der Waals surface area contributed by atoms with E-state index in [1.54, 1.807) is 12.1 Å². The molecule has 1 heterocycles. The van der Waals surface area contributed by atoms with Crippen LogP contribution in [0.3, 0.4) is 0 Å². The van der Waals surface area contributed by atoms with Gasteiger partial charge in [-0.2, -0.15) is 0 Å². The molecule has 1 atom stereocenters. The summed E-state index contributed by atoms with van der Waals surface area (Å²) in [5, 5.41) is 0. The number of cyclic esters (lactones) is 1. The van der Waals surface area contributed by atoms with Crippen molar-refractivity contribution in [1.29, 1.82) is 0 Å². The van der Waals surface area contributed by atoms with E-state index >= 15 is 0 Å². The molecule has 0 saturated carbocycles. The second kappa shape index (κ2) is 4.23. The van der Waals surface area contributed by atoms with Gasteiger partial charge in [-0.05, 0) is 24.6 Å². The Bertz CT molecular complexity index is 480. The fourth-order valence-corrected chi connectivity index (χ4v) is 2.29. The highest BCUT2D eigenvalue weighted by molar-refractivity contribution is 6.68. The summed E-state index contributed by atoms with van der Waals surface area (Å²) in [7, 11) is 1.53. The summed E-state index contributed by atoms with van der Waals surface area (Å²) in [6, 6.07) is 3.34. The molecule has 3 nitrogen and oxygen atoms in total. The lowest BCUT2D eigenvalue weighted by Crippen LogP contribution is -2.16. The van der Waals surface area contributed by atoms with Gasteiger partial charge in [0.2, 0.25) is 3.79 Å². The van der Waals surface area contributed by atoms with Gasteiger partial charge < -0.3 is 9.47 Å². The maximum atomic E-state index is 11.6. The maximum absolute atomic E-state index is 11.6. The smallest absolute Gasteiger partial charge is 0.339 e. The highest BCUT2D eigenvalue weighted by Crippen LogP contribution is 2.48. The predicted octanol–water partition coefficient (Wildman–Crippen LogP) is 3.59. The molecule has 0 aliphatic carbocycles. The first-order chi connectivity index (χ1) is 7.84. The zero-order valence-corrected chi connectivity index (χ0v) is 11.4. The van der Waals surface area contributed by atoms with Gasteiger partial charge in [0.25, 0.3) is 0 Å². The largest absolute Gasteiger partial charge is 0.496 e. The van der Waals surface area contributed by atoms with Gasteiger partial charge in [-0.1, -0.05) is 34.8 Å². The summed E-state index contributed by atoms with van der Waals surface area (Å²) < 4.78 is 8.51. The number of benzene rings is 1. The van der Waals surface area contributed by atoms with Crippen molar-refractivity contribution >= 4 is 40.8 Å². The number of fused-ring (bicyclic) bond motifs is 1. The average Bonchev–Trinajstić information content (AvgIpc) is 2.54. The predicted molar refractivity (Wildman–Crippen MR) is 66.2 cm³/mol. The molecule has 0 fully saturated rings. The minimum Gasteiger partial charge on any atom is -0.496 e. The number of halogens is 3. The first-order valence-corrected chi connectivity index (χ1v) is 5.94. The van der Waals surface area contributed by atoms with Crippen LogP contribution in [0, 0.1) is 6.92 Å². The van der Waals surface area contributed by atoms with Crippen molar-refractivity contribution in [3.63, 3.8) is 0 Å². The Labute approximate surface area is 114 Å². The van der Waals surface area contributed by atoms with Crippen LogP contribution in [-0.2, 0) is 4.74 Å². The third-order valence-corrected chi connectivity index (χ3v) is 3.19. The fraction of sp³-hybridized carbons (Fsp3) is 0.364. The lowest BCUT2D eigenvalue weighted by Gasteiger charge is -2.19. The molecular weight excluding hydrogens is 286 g/mol. The van der Waals surface area contributed by atoms with E-state index in [1.807, 2.05) is 6.92 Å². The number of rotatable bonds is 1. The van der Waals surface area contributed by atoms with Crippen LogP contribution in [0.5, 0.6) is 5.75 Å². The zero-order chi connectivity index (χ0) is 12.8. The molecule has 92 valence electrons. The molecule has 0 aromatic heterocycles. The number of alkyl halides is 3. The number of carbonyl (C=O) groups excluding carboxylic acids is 1. The van der Waals surface area contributed by atoms with Crippen molar-refractivity contribution in [1.82, 2.24) is 0 Å². The fourth-order valence-electron chi connectivity index (χ4n) is 1.80. The maximum Gasteiger partial charge on any atom is 0.339 e. The highest BCUT2D eigenvalue weighted by Gasteiger charge is 2.44. The molecule has 0 spiro atoms. The van der Waals surface area contributed by atoms with Crippen molar-refractivity contribution in [3.8, 4) is 5.75 Å². The van der Waals surface area contributed by atoms with Crippen LogP contribution in [0.15, 0.2) is 12.1 Å². The van der Waals surface area contributed by atoms with Gasteiger partial charge >= 0.3 is 5.97 Å². The van der Waals surface area contributed by atoms with Crippen LogP contribution >= 0.6 is 34.8 Å². The third-order valence-electron chi connectivity index (χ3n) is 2.59. The highest BCUT2D eigenvalue weighted by atomic mass is 35.6. The summed E-state index contributed by atoms with van der Waals surface area (Å²) in [5.74, 6) is 0.0975. The van der Waals surface area contributed by atoms with Crippen LogP contribution in [0.2, 0.25) is 0 Å². The molecule has 0 N–H and O–H groups in total. The number of hydrogen-bond acceptors (Lipinski definition) is 3. The minimum atomic E-state index is -1.68. The Balaban J connectivity index is 2.56. The van der Waals surface area contributed by atoms with E-state index in [1.165, 1.54) is 7.11 Å². The first-order valence-electron chi connectivity index (χ1n) is 4.81. The van der Waals surface area contributed by atoms with Gasteiger partial charge in [-0.15, -0.1) is 0 Å². The van der Waals surface area contributed by atoms with Crippen molar-refractivity contribution < 1.29 is 14.3 Å². The van der Waals surface area contributed by atoms with E-state index in [-0.39, 0.29) is 0 Å². The minimum absolute atomic E-state index is 0.378. The van der Waals surface area contributed by atoms with Crippen LogP contribution < -0.4 is 4.74 Å². The third kappa shape index (κ3) is 2.19. The Kier molecular flexibility index (Phi) is 3.19. The van der Waals surface area contributed by atoms with Crippen molar-refractivity contribution in [2.45, 2.75) is 16.8 Å². The molecule has 0 saturated heterocycles. The monoisotopic (exact) mass is 294 g/mol. The summed E-state index contributed by atoms with van der Waals surface area (Å²) in [6.07, 6.45) is -0.875. The van der Waals surface area contributed by atoms with Crippen LogP contribution in [0.1, 0.15) is 27.6 Å². The molecule has 1 aliphatic heterocycles. The summed E-state index contributed by atoms with van der Waals surface area (Å²) in [6.45, 7) is 1.84. The quantitative estimate of drug-likeness (QED) is 0.587. The Morgan fingerprint density at radius 1 is 1.35 bits per heavy atom. The molecule has 1 aliphatic rings. The molecule has 1 aromatic rings. The topological polar surface area (TPSA) is 35.5 Å². The molecule has 0 bridgehead atoms. The number of hydrogen-bond donors (Lipinski definition) is 0. The van der Waals surface area contributed by atoms with Gasteiger partial charge in [-0.25, -0.2) is 4.79 Å². The molecule has 0 radical (unpaired) electrons. The zero-order valence-electron chi connectivity index (χ0n) is 9.09. The number of methoxy groups -OCH3 is 1. The van der Waals surface area contributed by atoms with Crippen LogP contribution in [0.4, 0.5) is 0 Å². The number of aryl methyl sites for hydroxylation is 1. The Morgan fingerprint density at radius 3 is 2.53 bits per heavy atom. The van der Waals surface area contributed by atoms with Crippen molar-refractivity contribution in [3.05, 3.63) is 28.8 Å². The molecular formula is C11H9Cl3O3.